The molecule has 1 N–H and O–H groups in total. The summed E-state index contributed by atoms with van der Waals surface area (Å²) in [5, 5.41) is 10.0. The van der Waals surface area contributed by atoms with Crippen LogP contribution in [0.2, 0.25) is 5.02 Å². The predicted octanol–water partition coefficient (Wildman–Crippen LogP) is 5.56. The van der Waals surface area contributed by atoms with Crippen LogP contribution in [0.5, 0.6) is 0 Å². The van der Waals surface area contributed by atoms with Crippen LogP contribution in [0.3, 0.4) is 0 Å². The van der Waals surface area contributed by atoms with Crippen LogP contribution in [0.1, 0.15) is 64.9 Å². The minimum absolute atomic E-state index is 0.0518. The normalized spacial score (nSPS) is 15.5. The first-order valence-corrected chi connectivity index (χ1v) is 9.03. The fourth-order valence-corrected chi connectivity index (χ4v) is 3.62. The van der Waals surface area contributed by atoms with Crippen molar-refractivity contribution in [1.82, 2.24) is 0 Å². The van der Waals surface area contributed by atoms with Crippen molar-refractivity contribution in [3.8, 4) is 0 Å². The largest absolute Gasteiger partial charge is 0.394 e. The second-order valence-electron chi connectivity index (χ2n) is 5.97. The van der Waals surface area contributed by atoms with Crippen LogP contribution in [0.25, 0.3) is 0 Å². The number of benzene rings is 1. The second-order valence-corrected chi connectivity index (χ2v) is 6.41. The first-order valence-electron chi connectivity index (χ1n) is 8.65. The maximum Gasteiger partial charge on any atom is 0.0960 e. The zero-order chi connectivity index (χ0) is 16.4. The Labute approximate surface area is 140 Å². The molecule has 3 heteroatoms. The molecular weight excluding hydrogens is 296 g/mol. The first kappa shape index (κ1) is 19.5. The predicted molar refractivity (Wildman–Crippen MR) is 94.4 cm³/mol. The van der Waals surface area contributed by atoms with E-state index in [2.05, 4.69) is 26.8 Å². The van der Waals surface area contributed by atoms with Gasteiger partial charge in [0.1, 0.15) is 0 Å². The lowest BCUT2D eigenvalue weighted by molar-refractivity contribution is -0.112. The monoisotopic (exact) mass is 326 g/mol. The number of hydrogen-bond donors (Lipinski definition) is 1. The molecule has 1 rings (SSSR count). The van der Waals surface area contributed by atoms with Crippen molar-refractivity contribution in [2.24, 2.45) is 5.92 Å². The SMILES string of the molecule is CCCC[C@H](CC)[C@@](CCC)(OCCO)c1cccc(Cl)c1. The molecule has 0 aliphatic rings. The average molecular weight is 327 g/mol. The van der Waals surface area contributed by atoms with Gasteiger partial charge in [-0.05, 0) is 36.5 Å². The van der Waals surface area contributed by atoms with Crippen LogP contribution in [0.15, 0.2) is 24.3 Å². The van der Waals surface area contributed by atoms with E-state index in [-0.39, 0.29) is 12.2 Å². The van der Waals surface area contributed by atoms with Crippen LogP contribution < -0.4 is 0 Å². The number of ether oxygens (including phenoxy) is 1. The van der Waals surface area contributed by atoms with E-state index in [1.165, 1.54) is 12.8 Å². The lowest BCUT2D eigenvalue weighted by atomic mass is 9.74. The topological polar surface area (TPSA) is 29.5 Å². The second kappa shape index (κ2) is 10.3. The van der Waals surface area contributed by atoms with Gasteiger partial charge < -0.3 is 9.84 Å². The zero-order valence-corrected chi connectivity index (χ0v) is 15.0. The number of hydrogen-bond acceptors (Lipinski definition) is 2. The third-order valence-electron chi connectivity index (χ3n) is 4.44. The number of rotatable bonds is 11. The van der Waals surface area contributed by atoms with Crippen LogP contribution in [0, 0.1) is 5.92 Å². The van der Waals surface area contributed by atoms with Crippen molar-refractivity contribution < 1.29 is 9.84 Å². The summed E-state index contributed by atoms with van der Waals surface area (Å²) >= 11 is 6.23. The Hall–Kier alpha value is -0.570. The molecular formula is C19H31ClO2. The van der Waals surface area contributed by atoms with Gasteiger partial charge in [-0.1, -0.05) is 70.2 Å². The molecule has 2 atom stereocenters. The molecule has 2 nitrogen and oxygen atoms in total. The van der Waals surface area contributed by atoms with Crippen molar-refractivity contribution in [2.45, 2.75) is 64.9 Å². The van der Waals surface area contributed by atoms with E-state index in [0.29, 0.717) is 12.5 Å². The molecule has 22 heavy (non-hydrogen) atoms. The van der Waals surface area contributed by atoms with Crippen molar-refractivity contribution >= 4 is 11.6 Å². The van der Waals surface area contributed by atoms with Gasteiger partial charge in [0.2, 0.25) is 0 Å². The molecule has 0 aromatic heterocycles. The molecule has 0 radical (unpaired) electrons. The summed E-state index contributed by atoms with van der Waals surface area (Å²) in [5.41, 5.74) is 0.810. The molecule has 0 fully saturated rings. The standard InChI is InChI=1S/C19H31ClO2/c1-4-7-9-16(6-3)19(12-5-2,22-14-13-21)17-10-8-11-18(20)15-17/h8,10-11,15-16,21H,4-7,9,12-14H2,1-3H3/t16-,19+/m0/s1. The van der Waals surface area contributed by atoms with Gasteiger partial charge in [0, 0.05) is 5.02 Å². The molecule has 0 heterocycles. The summed E-state index contributed by atoms with van der Waals surface area (Å²) in [6.07, 6.45) is 6.60. The fraction of sp³-hybridized carbons (Fsp3) is 0.684. The molecule has 1 aromatic rings. The van der Waals surface area contributed by atoms with Gasteiger partial charge in [-0.15, -0.1) is 0 Å². The number of halogens is 1. The minimum atomic E-state index is -0.341. The zero-order valence-electron chi connectivity index (χ0n) is 14.3. The first-order chi connectivity index (χ1) is 10.6. The van der Waals surface area contributed by atoms with Crippen molar-refractivity contribution in [3.05, 3.63) is 34.9 Å². The van der Waals surface area contributed by atoms with Gasteiger partial charge in [0.25, 0.3) is 0 Å². The van der Waals surface area contributed by atoms with Gasteiger partial charge in [-0.2, -0.15) is 0 Å². The minimum Gasteiger partial charge on any atom is -0.394 e. The van der Waals surface area contributed by atoms with Gasteiger partial charge in [0.15, 0.2) is 0 Å². The van der Waals surface area contributed by atoms with E-state index in [1.54, 1.807) is 0 Å². The molecule has 0 aliphatic heterocycles. The van der Waals surface area contributed by atoms with E-state index in [9.17, 15) is 5.11 Å². The van der Waals surface area contributed by atoms with E-state index >= 15 is 0 Å². The maximum atomic E-state index is 9.28. The Morgan fingerprint density at radius 1 is 1.23 bits per heavy atom. The van der Waals surface area contributed by atoms with Crippen LogP contribution in [-0.4, -0.2) is 18.3 Å². The fourth-order valence-electron chi connectivity index (χ4n) is 3.43. The summed E-state index contributed by atoms with van der Waals surface area (Å²) in [4.78, 5) is 0. The maximum absolute atomic E-state index is 9.28. The van der Waals surface area contributed by atoms with Crippen molar-refractivity contribution in [3.63, 3.8) is 0 Å². The summed E-state index contributed by atoms with van der Waals surface area (Å²) in [5.74, 6) is 0.442. The number of aliphatic hydroxyl groups excluding tert-OH is 1. The summed E-state index contributed by atoms with van der Waals surface area (Å²) in [6, 6.07) is 8.05. The average Bonchev–Trinajstić information content (AvgIpc) is 2.53. The smallest absolute Gasteiger partial charge is 0.0960 e. The van der Waals surface area contributed by atoms with Crippen LogP contribution in [0.4, 0.5) is 0 Å². The van der Waals surface area contributed by atoms with E-state index in [0.717, 1.165) is 36.3 Å². The molecule has 0 saturated heterocycles. The Balaban J connectivity index is 3.24. The highest BCUT2D eigenvalue weighted by molar-refractivity contribution is 6.30. The van der Waals surface area contributed by atoms with Gasteiger partial charge in [-0.3, -0.25) is 0 Å². The van der Waals surface area contributed by atoms with Gasteiger partial charge in [-0.25, -0.2) is 0 Å². The molecule has 0 spiro atoms. The van der Waals surface area contributed by atoms with Gasteiger partial charge in [0.05, 0.1) is 18.8 Å². The Morgan fingerprint density at radius 2 is 2.00 bits per heavy atom. The highest BCUT2D eigenvalue weighted by Gasteiger charge is 2.39. The van der Waals surface area contributed by atoms with Crippen molar-refractivity contribution in [2.75, 3.05) is 13.2 Å². The Kier molecular flexibility index (Phi) is 9.08. The third-order valence-corrected chi connectivity index (χ3v) is 4.68. The molecule has 1 aromatic carbocycles. The quantitative estimate of drug-likeness (QED) is 0.576. The molecule has 126 valence electrons. The summed E-state index contributed by atoms with van der Waals surface area (Å²) in [7, 11) is 0. The van der Waals surface area contributed by atoms with Gasteiger partial charge >= 0.3 is 0 Å². The Morgan fingerprint density at radius 3 is 2.55 bits per heavy atom. The molecule has 0 aliphatic carbocycles. The highest BCUT2D eigenvalue weighted by atomic mass is 35.5. The molecule has 0 saturated carbocycles. The molecule has 0 amide bonds. The van der Waals surface area contributed by atoms with Crippen LogP contribution in [-0.2, 0) is 10.3 Å². The van der Waals surface area contributed by atoms with E-state index in [1.807, 2.05) is 18.2 Å². The molecule has 0 bridgehead atoms. The lowest BCUT2D eigenvalue weighted by Gasteiger charge is -2.41. The van der Waals surface area contributed by atoms with Crippen molar-refractivity contribution in [1.29, 1.82) is 0 Å². The summed E-state index contributed by atoms with van der Waals surface area (Å²) in [6.45, 7) is 7.07. The third kappa shape index (κ3) is 4.97. The number of aliphatic hydroxyl groups is 1. The van der Waals surface area contributed by atoms with E-state index in [4.69, 9.17) is 16.3 Å². The highest BCUT2D eigenvalue weighted by Crippen LogP contribution is 2.43. The molecule has 0 unspecified atom stereocenters. The number of unbranched alkanes of at least 4 members (excludes halogenated alkanes) is 1. The summed E-state index contributed by atoms with van der Waals surface area (Å²) < 4.78 is 6.30. The van der Waals surface area contributed by atoms with E-state index < -0.39 is 0 Å². The Bertz CT molecular complexity index is 422. The van der Waals surface area contributed by atoms with Crippen LogP contribution >= 0.6 is 11.6 Å². The lowest BCUT2D eigenvalue weighted by Crippen LogP contribution is -2.39.